The third-order valence-corrected chi connectivity index (χ3v) is 4.30. The van der Waals surface area contributed by atoms with Crippen LogP contribution < -0.4 is 5.32 Å². The zero-order chi connectivity index (χ0) is 14.0. The Bertz CT molecular complexity index is 515. The fraction of sp³-hybridized carbons (Fsp3) is 0.385. The van der Waals surface area contributed by atoms with Gasteiger partial charge in [-0.3, -0.25) is 9.59 Å². The highest BCUT2D eigenvalue weighted by Crippen LogP contribution is 2.29. The zero-order valence-electron chi connectivity index (χ0n) is 10.4. The summed E-state index contributed by atoms with van der Waals surface area (Å²) in [6, 6.07) is 5.23. The van der Waals surface area contributed by atoms with Gasteiger partial charge in [0.15, 0.2) is 0 Å². The van der Waals surface area contributed by atoms with E-state index in [-0.39, 0.29) is 17.9 Å². The summed E-state index contributed by atoms with van der Waals surface area (Å²) in [5.74, 6) is -1.37. The number of aliphatic carboxylic acids is 1. The summed E-state index contributed by atoms with van der Waals surface area (Å²) in [7, 11) is 0. The second kappa shape index (κ2) is 5.84. The molecule has 1 amide bonds. The molecule has 0 unspecified atom stereocenters. The SMILES string of the molecule is CSc1ccc(Cl)c(C(=O)NC2CC(C(=O)O)C2)c1. The maximum atomic E-state index is 12.1. The largest absolute Gasteiger partial charge is 0.481 e. The van der Waals surface area contributed by atoms with E-state index in [0.29, 0.717) is 23.4 Å². The number of carbonyl (C=O) groups excluding carboxylic acids is 1. The molecule has 1 fully saturated rings. The van der Waals surface area contributed by atoms with Crippen molar-refractivity contribution in [3.8, 4) is 0 Å². The van der Waals surface area contributed by atoms with Crippen molar-refractivity contribution in [3.63, 3.8) is 0 Å². The number of nitrogens with one attached hydrogen (secondary N) is 1. The van der Waals surface area contributed by atoms with E-state index in [9.17, 15) is 9.59 Å². The Labute approximate surface area is 120 Å². The number of carbonyl (C=O) groups is 2. The van der Waals surface area contributed by atoms with E-state index in [1.807, 2.05) is 12.3 Å². The fourth-order valence-corrected chi connectivity index (χ4v) is 2.65. The average Bonchev–Trinajstić information content (AvgIpc) is 2.33. The summed E-state index contributed by atoms with van der Waals surface area (Å²) < 4.78 is 0. The van der Waals surface area contributed by atoms with E-state index >= 15 is 0 Å². The monoisotopic (exact) mass is 299 g/mol. The van der Waals surface area contributed by atoms with Gasteiger partial charge in [-0.15, -0.1) is 11.8 Å². The Morgan fingerprint density at radius 2 is 2.11 bits per heavy atom. The molecule has 0 radical (unpaired) electrons. The highest BCUT2D eigenvalue weighted by molar-refractivity contribution is 7.98. The molecular weight excluding hydrogens is 286 g/mol. The van der Waals surface area contributed by atoms with Gasteiger partial charge in [0.25, 0.3) is 5.91 Å². The molecule has 1 aliphatic rings. The van der Waals surface area contributed by atoms with Gasteiger partial charge in [0.1, 0.15) is 0 Å². The quantitative estimate of drug-likeness (QED) is 0.839. The van der Waals surface area contributed by atoms with Crippen LogP contribution in [0.4, 0.5) is 0 Å². The van der Waals surface area contributed by atoms with Crippen molar-refractivity contribution in [2.45, 2.75) is 23.8 Å². The standard InChI is InChI=1S/C13H14ClNO3S/c1-19-9-2-3-11(14)10(6-9)12(16)15-8-4-7(5-8)13(17)18/h2-3,6-8H,4-5H2,1H3,(H,15,16)(H,17,18). The normalized spacial score (nSPS) is 21.6. The summed E-state index contributed by atoms with van der Waals surface area (Å²) >= 11 is 7.54. The molecule has 6 heteroatoms. The van der Waals surface area contributed by atoms with E-state index in [0.717, 1.165) is 4.90 Å². The number of benzene rings is 1. The summed E-state index contributed by atoms with van der Waals surface area (Å²) in [4.78, 5) is 23.7. The highest BCUT2D eigenvalue weighted by atomic mass is 35.5. The van der Waals surface area contributed by atoms with Crippen molar-refractivity contribution in [2.75, 3.05) is 6.26 Å². The van der Waals surface area contributed by atoms with Gasteiger partial charge < -0.3 is 10.4 Å². The predicted molar refractivity (Wildman–Crippen MR) is 74.8 cm³/mol. The summed E-state index contributed by atoms with van der Waals surface area (Å²) in [5, 5.41) is 12.0. The first kappa shape index (κ1) is 14.2. The van der Waals surface area contributed by atoms with Crippen molar-refractivity contribution >= 4 is 35.2 Å². The number of thioether (sulfide) groups is 1. The first-order valence-electron chi connectivity index (χ1n) is 5.88. The van der Waals surface area contributed by atoms with E-state index in [4.69, 9.17) is 16.7 Å². The maximum absolute atomic E-state index is 12.1. The van der Waals surface area contributed by atoms with Crippen LogP contribution >= 0.6 is 23.4 Å². The number of amides is 1. The fourth-order valence-electron chi connectivity index (χ4n) is 2.01. The Balaban J connectivity index is 1.99. The molecule has 0 bridgehead atoms. The van der Waals surface area contributed by atoms with Gasteiger partial charge >= 0.3 is 5.97 Å². The second-order valence-corrected chi connectivity index (χ2v) is 5.81. The van der Waals surface area contributed by atoms with E-state index < -0.39 is 5.97 Å². The molecule has 0 saturated heterocycles. The number of hydrogen-bond donors (Lipinski definition) is 2. The van der Waals surface area contributed by atoms with Crippen LogP contribution in [0.1, 0.15) is 23.2 Å². The number of carboxylic acids is 1. The molecule has 1 aliphatic carbocycles. The van der Waals surface area contributed by atoms with Crippen molar-refractivity contribution < 1.29 is 14.7 Å². The predicted octanol–water partition coefficient (Wildman–Crippen LogP) is 2.65. The van der Waals surface area contributed by atoms with Crippen molar-refractivity contribution in [1.29, 1.82) is 0 Å². The van der Waals surface area contributed by atoms with Crippen molar-refractivity contribution in [1.82, 2.24) is 5.32 Å². The molecular formula is C13H14ClNO3S. The first-order valence-corrected chi connectivity index (χ1v) is 7.48. The molecule has 0 heterocycles. The highest BCUT2D eigenvalue weighted by Gasteiger charge is 2.35. The molecule has 4 nitrogen and oxygen atoms in total. The van der Waals surface area contributed by atoms with Gasteiger partial charge in [0.05, 0.1) is 16.5 Å². The minimum atomic E-state index is -0.798. The molecule has 19 heavy (non-hydrogen) atoms. The number of carboxylic acid groups (broad SMARTS) is 1. The third kappa shape index (κ3) is 3.22. The summed E-state index contributed by atoms with van der Waals surface area (Å²) in [6.45, 7) is 0. The Kier molecular flexibility index (Phi) is 4.37. The molecule has 1 aromatic rings. The van der Waals surface area contributed by atoms with Crippen LogP contribution in [0.3, 0.4) is 0 Å². The third-order valence-electron chi connectivity index (χ3n) is 3.24. The molecule has 1 saturated carbocycles. The molecule has 0 atom stereocenters. The molecule has 102 valence electrons. The lowest BCUT2D eigenvalue weighted by Crippen LogP contribution is -2.46. The zero-order valence-corrected chi connectivity index (χ0v) is 11.9. The van der Waals surface area contributed by atoms with Gasteiger partial charge in [0, 0.05) is 10.9 Å². The van der Waals surface area contributed by atoms with Crippen LogP contribution in [0.25, 0.3) is 0 Å². The molecule has 1 aromatic carbocycles. The maximum Gasteiger partial charge on any atom is 0.306 e. The Hall–Kier alpha value is -1.20. The van der Waals surface area contributed by atoms with Gasteiger partial charge in [-0.1, -0.05) is 11.6 Å². The van der Waals surface area contributed by atoms with E-state index in [1.165, 1.54) is 11.8 Å². The lowest BCUT2D eigenvalue weighted by atomic mass is 9.80. The van der Waals surface area contributed by atoms with Crippen LogP contribution in [0, 0.1) is 5.92 Å². The average molecular weight is 300 g/mol. The van der Waals surface area contributed by atoms with E-state index in [1.54, 1.807) is 12.1 Å². The topological polar surface area (TPSA) is 66.4 Å². The second-order valence-electron chi connectivity index (χ2n) is 4.52. The molecule has 0 aliphatic heterocycles. The summed E-state index contributed by atoms with van der Waals surface area (Å²) in [5.41, 5.74) is 0.437. The van der Waals surface area contributed by atoms with Gasteiger partial charge in [0.2, 0.25) is 0 Å². The van der Waals surface area contributed by atoms with Crippen LogP contribution in [-0.2, 0) is 4.79 Å². The van der Waals surface area contributed by atoms with E-state index in [2.05, 4.69) is 5.32 Å². The minimum absolute atomic E-state index is 0.0670. The molecule has 2 rings (SSSR count). The van der Waals surface area contributed by atoms with Crippen molar-refractivity contribution in [3.05, 3.63) is 28.8 Å². The molecule has 0 aromatic heterocycles. The van der Waals surface area contributed by atoms with Crippen LogP contribution in [-0.4, -0.2) is 29.3 Å². The number of hydrogen-bond acceptors (Lipinski definition) is 3. The lowest BCUT2D eigenvalue weighted by Gasteiger charge is -2.32. The molecule has 2 N–H and O–H groups in total. The number of halogens is 1. The lowest BCUT2D eigenvalue weighted by molar-refractivity contribution is -0.145. The van der Waals surface area contributed by atoms with Gasteiger partial charge in [-0.25, -0.2) is 0 Å². The summed E-state index contributed by atoms with van der Waals surface area (Å²) in [6.07, 6.45) is 2.90. The van der Waals surface area contributed by atoms with Crippen LogP contribution in [0.15, 0.2) is 23.1 Å². The smallest absolute Gasteiger partial charge is 0.306 e. The first-order chi connectivity index (χ1) is 9.01. The van der Waals surface area contributed by atoms with Crippen molar-refractivity contribution in [2.24, 2.45) is 5.92 Å². The minimum Gasteiger partial charge on any atom is -0.481 e. The van der Waals surface area contributed by atoms with Crippen LogP contribution in [0.5, 0.6) is 0 Å². The van der Waals surface area contributed by atoms with Crippen LogP contribution in [0.2, 0.25) is 5.02 Å². The van der Waals surface area contributed by atoms with Gasteiger partial charge in [-0.05, 0) is 37.3 Å². The molecule has 0 spiro atoms. The van der Waals surface area contributed by atoms with Gasteiger partial charge in [-0.2, -0.15) is 0 Å². The Morgan fingerprint density at radius 1 is 1.42 bits per heavy atom. The number of rotatable bonds is 4. The Morgan fingerprint density at radius 3 is 2.68 bits per heavy atom.